The van der Waals surface area contributed by atoms with Gasteiger partial charge in [-0.15, -0.1) is 0 Å². The Morgan fingerprint density at radius 1 is 0.685 bits per heavy atom. The summed E-state index contributed by atoms with van der Waals surface area (Å²) in [5.41, 5.74) is 8.91. The van der Waals surface area contributed by atoms with Crippen LogP contribution in [0.4, 0.5) is 4.79 Å². The first-order valence-corrected chi connectivity index (χ1v) is 17.9. The minimum absolute atomic E-state index is 0.000628. The summed E-state index contributed by atoms with van der Waals surface area (Å²) in [5.74, 6) is -3.52. The second-order valence-corrected chi connectivity index (χ2v) is 14.2. The first-order chi connectivity index (χ1) is 25.8. The van der Waals surface area contributed by atoms with Gasteiger partial charge in [0.1, 0.15) is 31.5 Å². The van der Waals surface area contributed by atoms with E-state index in [4.69, 9.17) is 24.7 Å². The number of nitrogens with one attached hydrogen (secondary N) is 1. The van der Waals surface area contributed by atoms with Crippen LogP contribution in [-0.2, 0) is 51.3 Å². The van der Waals surface area contributed by atoms with E-state index in [-0.39, 0.29) is 38.6 Å². The van der Waals surface area contributed by atoms with Crippen molar-refractivity contribution in [3.63, 3.8) is 0 Å². The number of hydrogen-bond acceptors (Lipinski definition) is 10. The highest BCUT2D eigenvalue weighted by Crippen LogP contribution is 2.44. The van der Waals surface area contributed by atoms with E-state index in [2.05, 4.69) is 5.32 Å². The summed E-state index contributed by atoms with van der Waals surface area (Å²) in [4.78, 5) is 66.7. The van der Waals surface area contributed by atoms with E-state index in [1.165, 1.54) is 0 Å². The molecule has 0 unspecified atom stereocenters. The van der Waals surface area contributed by atoms with Crippen molar-refractivity contribution < 1.29 is 42.9 Å². The number of carbonyl (C=O) groups excluding carboxylic acids is 5. The molecule has 4 aromatic carbocycles. The van der Waals surface area contributed by atoms with Gasteiger partial charge in [0.05, 0.1) is 0 Å². The zero-order valence-electron chi connectivity index (χ0n) is 30.7. The zero-order chi connectivity index (χ0) is 38.7. The molecule has 0 radical (unpaired) electrons. The van der Waals surface area contributed by atoms with E-state index >= 15 is 0 Å². The Kier molecular flexibility index (Phi) is 13.0. The summed E-state index contributed by atoms with van der Waals surface area (Å²) in [6, 6.07) is 32.3. The third-order valence-electron chi connectivity index (χ3n) is 9.03. The van der Waals surface area contributed by atoms with E-state index in [1.807, 2.05) is 66.7 Å². The molecule has 0 aromatic heterocycles. The number of esters is 3. The molecule has 5 rings (SSSR count). The SMILES string of the molecule is CC(C)(C)OC(=O)[C@H](CCC(=O)[C@](N)(CCC(=O)OCc1ccccc1)C(=O)OCc1ccccc1)NC(=O)OCC1c2ccccc2-c2ccccc21. The minimum atomic E-state index is -2.26. The lowest BCUT2D eigenvalue weighted by molar-refractivity contribution is -0.157. The topological polar surface area (TPSA) is 160 Å². The number of hydrogen-bond donors (Lipinski definition) is 2. The molecule has 2 atom stereocenters. The molecule has 0 bridgehead atoms. The Balaban J connectivity index is 1.26. The molecule has 0 saturated carbocycles. The maximum absolute atomic E-state index is 13.9. The monoisotopic (exact) mass is 734 g/mol. The number of carbonyl (C=O) groups is 5. The highest BCUT2D eigenvalue weighted by molar-refractivity contribution is 6.08. The molecular weight excluding hydrogens is 688 g/mol. The summed E-state index contributed by atoms with van der Waals surface area (Å²) in [6.45, 7) is 4.86. The Labute approximate surface area is 315 Å². The molecule has 0 heterocycles. The maximum Gasteiger partial charge on any atom is 0.407 e. The van der Waals surface area contributed by atoms with Crippen LogP contribution in [0.15, 0.2) is 109 Å². The standard InChI is InChI=1S/C43H46N2O9/c1-42(2,3)54-39(48)36(45-41(50)53-28-35-33-20-12-10-18-31(33)32-19-11-13-21-34(32)35)22-23-37(46)43(44,40(49)52-27-30-16-8-5-9-17-30)25-24-38(47)51-26-29-14-6-4-7-15-29/h4-21,35-36H,22-28,44H2,1-3H3,(H,45,50)/t36-,43+/m0/s1. The van der Waals surface area contributed by atoms with Gasteiger partial charge in [-0.05, 0) is 67.0 Å². The molecule has 282 valence electrons. The van der Waals surface area contributed by atoms with E-state index in [9.17, 15) is 24.0 Å². The van der Waals surface area contributed by atoms with Gasteiger partial charge in [0.2, 0.25) is 0 Å². The molecule has 1 aliphatic carbocycles. The van der Waals surface area contributed by atoms with Crippen molar-refractivity contribution in [1.29, 1.82) is 0 Å². The van der Waals surface area contributed by atoms with Gasteiger partial charge in [-0.2, -0.15) is 0 Å². The summed E-state index contributed by atoms with van der Waals surface area (Å²) < 4.78 is 22.0. The average molecular weight is 735 g/mol. The quantitative estimate of drug-likeness (QED) is 0.0734. The van der Waals surface area contributed by atoms with Crippen molar-refractivity contribution in [2.75, 3.05) is 6.61 Å². The largest absolute Gasteiger partial charge is 0.461 e. The second kappa shape index (κ2) is 17.8. The maximum atomic E-state index is 13.9. The third-order valence-corrected chi connectivity index (χ3v) is 9.03. The van der Waals surface area contributed by atoms with E-state index < -0.39 is 59.8 Å². The highest BCUT2D eigenvalue weighted by Gasteiger charge is 2.44. The number of amides is 1. The van der Waals surface area contributed by atoms with E-state index in [0.29, 0.717) is 5.56 Å². The fraction of sp³-hybridized carbons (Fsp3) is 0.326. The fourth-order valence-electron chi connectivity index (χ4n) is 6.22. The van der Waals surface area contributed by atoms with Crippen molar-refractivity contribution >= 4 is 29.8 Å². The summed E-state index contributed by atoms with van der Waals surface area (Å²) >= 11 is 0. The van der Waals surface area contributed by atoms with Gasteiger partial charge in [0.25, 0.3) is 0 Å². The van der Waals surface area contributed by atoms with Crippen molar-refractivity contribution in [2.45, 2.75) is 82.8 Å². The molecule has 1 amide bonds. The van der Waals surface area contributed by atoms with Crippen LogP contribution in [0.1, 0.15) is 74.6 Å². The third kappa shape index (κ3) is 10.4. The predicted octanol–water partition coefficient (Wildman–Crippen LogP) is 6.55. The molecule has 11 nitrogen and oxygen atoms in total. The molecule has 3 N–H and O–H groups in total. The molecule has 0 spiro atoms. The Morgan fingerprint density at radius 2 is 1.20 bits per heavy atom. The van der Waals surface area contributed by atoms with Crippen LogP contribution in [0.5, 0.6) is 0 Å². The van der Waals surface area contributed by atoms with Crippen molar-refractivity contribution in [3.8, 4) is 11.1 Å². The van der Waals surface area contributed by atoms with Gasteiger partial charge in [-0.3, -0.25) is 9.59 Å². The number of ketones is 1. The van der Waals surface area contributed by atoms with Crippen LogP contribution in [0, 0.1) is 0 Å². The molecule has 0 aliphatic heterocycles. The normalized spacial score (nSPS) is 13.7. The van der Waals surface area contributed by atoms with Crippen molar-refractivity contribution in [3.05, 3.63) is 131 Å². The summed E-state index contributed by atoms with van der Waals surface area (Å²) in [7, 11) is 0. The number of fused-ring (bicyclic) bond motifs is 3. The van der Waals surface area contributed by atoms with Gasteiger partial charge in [-0.1, -0.05) is 109 Å². The molecule has 1 aliphatic rings. The second-order valence-electron chi connectivity index (χ2n) is 14.2. The van der Waals surface area contributed by atoms with Gasteiger partial charge in [0, 0.05) is 18.8 Å². The van der Waals surface area contributed by atoms with Gasteiger partial charge in [-0.25, -0.2) is 14.4 Å². The smallest absolute Gasteiger partial charge is 0.407 e. The predicted molar refractivity (Wildman–Crippen MR) is 201 cm³/mol. The van der Waals surface area contributed by atoms with Gasteiger partial charge in [0.15, 0.2) is 11.3 Å². The number of alkyl carbamates (subject to hydrolysis) is 1. The molecule has 54 heavy (non-hydrogen) atoms. The first-order valence-electron chi connectivity index (χ1n) is 17.9. The molecule has 4 aromatic rings. The Morgan fingerprint density at radius 3 is 1.76 bits per heavy atom. The number of benzene rings is 4. The fourth-order valence-corrected chi connectivity index (χ4v) is 6.22. The Bertz CT molecular complexity index is 1900. The van der Waals surface area contributed by atoms with Gasteiger partial charge < -0.3 is 30.0 Å². The van der Waals surface area contributed by atoms with E-state index in [0.717, 1.165) is 27.8 Å². The number of rotatable bonds is 16. The number of ether oxygens (including phenoxy) is 4. The lowest BCUT2D eigenvalue weighted by atomic mass is 9.86. The molecule has 11 heteroatoms. The van der Waals surface area contributed by atoms with Gasteiger partial charge >= 0.3 is 24.0 Å². The number of nitrogens with two attached hydrogens (primary N) is 1. The molecular formula is C43H46N2O9. The van der Waals surface area contributed by atoms with Crippen LogP contribution in [0.3, 0.4) is 0 Å². The zero-order valence-corrected chi connectivity index (χ0v) is 30.7. The molecule has 0 fully saturated rings. The van der Waals surface area contributed by atoms with Crippen LogP contribution < -0.4 is 11.1 Å². The van der Waals surface area contributed by atoms with Crippen molar-refractivity contribution in [1.82, 2.24) is 5.32 Å². The van der Waals surface area contributed by atoms with Crippen LogP contribution in [-0.4, -0.2) is 53.6 Å². The number of Topliss-reactive ketones (excluding diaryl/α,β-unsaturated/α-hetero) is 1. The minimum Gasteiger partial charge on any atom is -0.461 e. The summed E-state index contributed by atoms with van der Waals surface area (Å²) in [5, 5.41) is 2.56. The molecule has 0 saturated heterocycles. The van der Waals surface area contributed by atoms with Crippen molar-refractivity contribution in [2.24, 2.45) is 5.73 Å². The average Bonchev–Trinajstić information content (AvgIpc) is 3.49. The summed E-state index contributed by atoms with van der Waals surface area (Å²) in [6.07, 6.45) is -2.37. The van der Waals surface area contributed by atoms with Crippen LogP contribution >= 0.6 is 0 Å². The Hall–Kier alpha value is -5.81. The first kappa shape index (κ1) is 39.4. The lowest BCUT2D eigenvalue weighted by Crippen LogP contribution is -2.56. The van der Waals surface area contributed by atoms with Crippen LogP contribution in [0.2, 0.25) is 0 Å². The van der Waals surface area contributed by atoms with Crippen LogP contribution in [0.25, 0.3) is 11.1 Å². The lowest BCUT2D eigenvalue weighted by Gasteiger charge is -2.27. The van der Waals surface area contributed by atoms with E-state index in [1.54, 1.807) is 63.2 Å². The highest BCUT2D eigenvalue weighted by atomic mass is 16.6.